The summed E-state index contributed by atoms with van der Waals surface area (Å²) in [7, 11) is 3.03. The van der Waals surface area contributed by atoms with Gasteiger partial charge in [0.05, 0.1) is 14.2 Å². The fourth-order valence-electron chi connectivity index (χ4n) is 1.95. The van der Waals surface area contributed by atoms with Gasteiger partial charge in [-0.2, -0.15) is 0 Å². The number of carbonyl (C=O) groups excluding carboxylic acids is 1. The first-order valence-corrected chi connectivity index (χ1v) is 6.90. The zero-order chi connectivity index (χ0) is 15.2. The second-order valence-electron chi connectivity index (χ2n) is 4.32. The second-order valence-corrected chi connectivity index (χ2v) is 4.59. The van der Waals surface area contributed by atoms with Crippen LogP contribution in [0.2, 0.25) is 0 Å². The molecule has 1 amide bonds. The first-order chi connectivity index (χ1) is 10.2. The van der Waals surface area contributed by atoms with Gasteiger partial charge in [0, 0.05) is 11.6 Å². The van der Waals surface area contributed by atoms with Crippen LogP contribution in [0.15, 0.2) is 42.5 Å². The predicted molar refractivity (Wildman–Crippen MR) is 83.5 cm³/mol. The third-order valence-electron chi connectivity index (χ3n) is 3.02. The maximum Gasteiger partial charge on any atom is 0.263 e. The van der Waals surface area contributed by atoms with Gasteiger partial charge in [-0.1, -0.05) is 18.2 Å². The highest BCUT2D eigenvalue weighted by atomic mass is 35.5. The molecule has 4 nitrogen and oxygen atoms in total. The number of rotatable bonds is 5. The lowest BCUT2D eigenvalue weighted by atomic mass is 10.1. The van der Waals surface area contributed by atoms with Crippen molar-refractivity contribution in [1.29, 1.82) is 0 Å². The summed E-state index contributed by atoms with van der Waals surface area (Å²) in [4.78, 5) is 12.4. The Morgan fingerprint density at radius 3 is 2.10 bits per heavy atom. The molecule has 0 fully saturated rings. The van der Waals surface area contributed by atoms with Gasteiger partial charge < -0.3 is 14.8 Å². The summed E-state index contributed by atoms with van der Waals surface area (Å²) in [6.45, 7) is 0. The Hall–Kier alpha value is -2.20. The summed E-state index contributed by atoms with van der Waals surface area (Å²) in [5.74, 6) is 1.07. The van der Waals surface area contributed by atoms with Crippen LogP contribution < -0.4 is 14.8 Å². The molecule has 0 atom stereocenters. The molecule has 0 aliphatic carbocycles. The molecule has 0 saturated heterocycles. The number of carbonyl (C=O) groups is 1. The smallest absolute Gasteiger partial charge is 0.263 e. The van der Waals surface area contributed by atoms with Crippen LogP contribution in [0.5, 0.6) is 11.5 Å². The zero-order valence-electron chi connectivity index (χ0n) is 11.9. The Balaban J connectivity index is 2.27. The number of halogens is 1. The van der Waals surface area contributed by atoms with E-state index in [1.54, 1.807) is 30.3 Å². The van der Waals surface area contributed by atoms with Crippen LogP contribution in [-0.4, -0.2) is 20.1 Å². The van der Waals surface area contributed by atoms with E-state index in [2.05, 4.69) is 5.32 Å². The van der Waals surface area contributed by atoms with Gasteiger partial charge in [-0.15, -0.1) is 11.6 Å². The molecule has 21 heavy (non-hydrogen) atoms. The molecule has 0 spiro atoms. The summed E-state index contributed by atoms with van der Waals surface area (Å²) in [5.41, 5.74) is 2.04. The minimum absolute atomic E-state index is 0.289. The average Bonchev–Trinajstić information content (AvgIpc) is 2.54. The molecular formula is C16H16ClNO3. The van der Waals surface area contributed by atoms with E-state index in [-0.39, 0.29) is 5.91 Å². The largest absolute Gasteiger partial charge is 0.496 e. The molecule has 0 aliphatic heterocycles. The standard InChI is InChI=1S/C16H16ClNO3/c1-20-13-4-3-5-14(21-2)15(13)16(19)18-12-8-6-11(10-17)7-9-12/h3-9H,10H2,1-2H3,(H,18,19). The van der Waals surface area contributed by atoms with Crippen molar-refractivity contribution in [3.63, 3.8) is 0 Å². The first-order valence-electron chi connectivity index (χ1n) is 6.37. The molecule has 0 aromatic heterocycles. The van der Waals surface area contributed by atoms with Crippen LogP contribution >= 0.6 is 11.6 Å². The minimum Gasteiger partial charge on any atom is -0.496 e. The van der Waals surface area contributed by atoms with Gasteiger partial charge in [-0.05, 0) is 29.8 Å². The van der Waals surface area contributed by atoms with E-state index in [1.165, 1.54) is 14.2 Å². The molecule has 0 unspecified atom stereocenters. The van der Waals surface area contributed by atoms with E-state index >= 15 is 0 Å². The quantitative estimate of drug-likeness (QED) is 0.857. The van der Waals surface area contributed by atoms with E-state index in [1.807, 2.05) is 12.1 Å². The highest BCUT2D eigenvalue weighted by molar-refractivity contribution is 6.17. The van der Waals surface area contributed by atoms with Gasteiger partial charge in [-0.25, -0.2) is 0 Å². The molecule has 5 heteroatoms. The molecule has 0 heterocycles. The van der Waals surface area contributed by atoms with Gasteiger partial charge in [0.25, 0.3) is 5.91 Å². The van der Waals surface area contributed by atoms with Gasteiger partial charge in [0.1, 0.15) is 17.1 Å². The van der Waals surface area contributed by atoms with E-state index < -0.39 is 0 Å². The van der Waals surface area contributed by atoms with E-state index in [0.717, 1.165) is 5.56 Å². The van der Waals surface area contributed by atoms with Gasteiger partial charge >= 0.3 is 0 Å². The first kappa shape index (κ1) is 15.2. The fourth-order valence-corrected chi connectivity index (χ4v) is 2.12. The van der Waals surface area contributed by atoms with Crippen molar-refractivity contribution in [1.82, 2.24) is 0 Å². The third-order valence-corrected chi connectivity index (χ3v) is 3.33. The maximum absolute atomic E-state index is 12.4. The normalized spacial score (nSPS) is 10.0. The average molecular weight is 306 g/mol. The molecule has 1 N–H and O–H groups in total. The van der Waals surface area contributed by atoms with Crippen molar-refractivity contribution in [2.45, 2.75) is 5.88 Å². The van der Waals surface area contributed by atoms with Crippen LogP contribution in [0.25, 0.3) is 0 Å². The maximum atomic E-state index is 12.4. The Bertz CT molecular complexity index is 604. The SMILES string of the molecule is COc1cccc(OC)c1C(=O)Nc1ccc(CCl)cc1. The Kier molecular flexibility index (Phi) is 5.06. The molecule has 2 aromatic rings. The molecule has 2 aromatic carbocycles. The number of amides is 1. The number of methoxy groups -OCH3 is 2. The summed E-state index contributed by atoms with van der Waals surface area (Å²) >= 11 is 5.74. The molecule has 110 valence electrons. The molecule has 2 rings (SSSR count). The lowest BCUT2D eigenvalue weighted by Crippen LogP contribution is -2.14. The number of ether oxygens (including phenoxy) is 2. The number of benzene rings is 2. The van der Waals surface area contributed by atoms with Crippen molar-refractivity contribution < 1.29 is 14.3 Å². The van der Waals surface area contributed by atoms with Crippen LogP contribution in [0.4, 0.5) is 5.69 Å². The summed E-state index contributed by atoms with van der Waals surface area (Å²) < 4.78 is 10.4. The second kappa shape index (κ2) is 6.99. The van der Waals surface area contributed by atoms with Crippen LogP contribution in [-0.2, 0) is 5.88 Å². The Morgan fingerprint density at radius 2 is 1.62 bits per heavy atom. The number of anilines is 1. The molecule has 0 saturated carbocycles. The highest BCUT2D eigenvalue weighted by Crippen LogP contribution is 2.29. The zero-order valence-corrected chi connectivity index (χ0v) is 12.6. The predicted octanol–water partition coefficient (Wildman–Crippen LogP) is 3.69. The topological polar surface area (TPSA) is 47.6 Å². The van der Waals surface area contributed by atoms with E-state index in [0.29, 0.717) is 28.6 Å². The highest BCUT2D eigenvalue weighted by Gasteiger charge is 2.18. The van der Waals surface area contributed by atoms with Crippen molar-refractivity contribution in [3.05, 3.63) is 53.6 Å². The lowest BCUT2D eigenvalue weighted by Gasteiger charge is -2.13. The van der Waals surface area contributed by atoms with E-state index in [9.17, 15) is 4.79 Å². The fraction of sp³-hybridized carbons (Fsp3) is 0.188. The number of nitrogens with one attached hydrogen (secondary N) is 1. The van der Waals surface area contributed by atoms with Crippen LogP contribution in [0.3, 0.4) is 0 Å². The minimum atomic E-state index is -0.289. The number of hydrogen-bond acceptors (Lipinski definition) is 3. The summed E-state index contributed by atoms with van der Waals surface area (Å²) in [6.07, 6.45) is 0. The molecule has 0 bridgehead atoms. The Morgan fingerprint density at radius 1 is 1.05 bits per heavy atom. The van der Waals surface area contributed by atoms with Crippen LogP contribution in [0.1, 0.15) is 15.9 Å². The van der Waals surface area contributed by atoms with Gasteiger partial charge in [0.2, 0.25) is 0 Å². The summed E-state index contributed by atoms with van der Waals surface area (Å²) in [6, 6.07) is 12.5. The van der Waals surface area contributed by atoms with E-state index in [4.69, 9.17) is 21.1 Å². The lowest BCUT2D eigenvalue weighted by molar-refractivity contribution is 0.102. The monoisotopic (exact) mass is 305 g/mol. The van der Waals surface area contributed by atoms with Crippen molar-refractivity contribution in [3.8, 4) is 11.5 Å². The number of hydrogen-bond donors (Lipinski definition) is 1. The Labute approximate surface area is 128 Å². The van der Waals surface area contributed by atoms with Gasteiger partial charge in [0.15, 0.2) is 0 Å². The number of alkyl halides is 1. The van der Waals surface area contributed by atoms with Crippen molar-refractivity contribution in [2.75, 3.05) is 19.5 Å². The van der Waals surface area contributed by atoms with Crippen LogP contribution in [0, 0.1) is 0 Å². The summed E-state index contributed by atoms with van der Waals surface area (Å²) in [5, 5.41) is 2.82. The van der Waals surface area contributed by atoms with Crippen molar-refractivity contribution in [2.24, 2.45) is 0 Å². The molecular weight excluding hydrogens is 290 g/mol. The third kappa shape index (κ3) is 3.47. The van der Waals surface area contributed by atoms with Crippen molar-refractivity contribution >= 4 is 23.2 Å². The van der Waals surface area contributed by atoms with Gasteiger partial charge in [-0.3, -0.25) is 4.79 Å². The molecule has 0 aliphatic rings. The molecule has 0 radical (unpaired) electrons.